The van der Waals surface area contributed by atoms with E-state index >= 15 is 0 Å². The number of fused-ring (bicyclic) bond motifs is 1. The minimum absolute atomic E-state index is 0.0530. The Bertz CT molecular complexity index is 1150. The first-order valence-corrected chi connectivity index (χ1v) is 10.4. The van der Waals surface area contributed by atoms with E-state index in [0.717, 1.165) is 63.6 Å². The van der Waals surface area contributed by atoms with Crippen LogP contribution in [0.2, 0.25) is 0 Å². The molecule has 28 heavy (non-hydrogen) atoms. The first-order valence-electron chi connectivity index (χ1n) is 9.33. The Kier molecular flexibility index (Phi) is 4.43. The molecule has 0 radical (unpaired) electrons. The van der Waals surface area contributed by atoms with Gasteiger partial charge in [0, 0.05) is 31.6 Å². The van der Waals surface area contributed by atoms with E-state index in [4.69, 9.17) is 14.8 Å². The van der Waals surface area contributed by atoms with E-state index in [0.29, 0.717) is 0 Å². The van der Waals surface area contributed by atoms with Crippen LogP contribution in [0.3, 0.4) is 0 Å². The molecule has 5 heterocycles. The number of aryl methyl sites for hydroxylation is 2. The minimum atomic E-state index is -0.0530. The lowest BCUT2D eigenvalue weighted by atomic mass is 10.2. The summed E-state index contributed by atoms with van der Waals surface area (Å²) in [5, 5.41) is 13.6. The van der Waals surface area contributed by atoms with Crippen LogP contribution in [0.5, 0.6) is 0 Å². The third kappa shape index (κ3) is 2.84. The van der Waals surface area contributed by atoms with Gasteiger partial charge in [-0.2, -0.15) is 15.3 Å². The molecule has 0 spiro atoms. The number of halogens is 1. The van der Waals surface area contributed by atoms with Crippen LogP contribution >= 0.6 is 22.6 Å². The van der Waals surface area contributed by atoms with Gasteiger partial charge in [0.2, 0.25) is 0 Å². The highest BCUT2D eigenvalue weighted by molar-refractivity contribution is 14.1. The van der Waals surface area contributed by atoms with Crippen LogP contribution in [0, 0.1) is 10.6 Å². The lowest BCUT2D eigenvalue weighted by Crippen LogP contribution is -2.20. The molecule has 1 aliphatic heterocycles. The quantitative estimate of drug-likeness (QED) is 0.411. The van der Waals surface area contributed by atoms with Crippen molar-refractivity contribution >= 4 is 28.1 Å². The molecule has 8 nitrogen and oxygen atoms in total. The van der Waals surface area contributed by atoms with Gasteiger partial charge in [-0.3, -0.25) is 4.68 Å². The average Bonchev–Trinajstić information content (AvgIpc) is 3.39. The Morgan fingerprint density at radius 3 is 2.75 bits per heavy atom. The van der Waals surface area contributed by atoms with Crippen LogP contribution < -0.4 is 0 Å². The maximum absolute atomic E-state index is 5.99. The van der Waals surface area contributed by atoms with Crippen LogP contribution in [0.15, 0.2) is 30.6 Å². The van der Waals surface area contributed by atoms with E-state index in [9.17, 15) is 0 Å². The number of aromatic nitrogens is 7. The molecule has 1 unspecified atom stereocenters. The minimum Gasteiger partial charge on any atom is -0.356 e. The van der Waals surface area contributed by atoms with Crippen molar-refractivity contribution in [2.24, 2.45) is 7.05 Å². The van der Waals surface area contributed by atoms with Crippen LogP contribution in [-0.4, -0.2) is 40.8 Å². The summed E-state index contributed by atoms with van der Waals surface area (Å²) < 4.78 is 12.6. The predicted octanol–water partition coefficient (Wildman–Crippen LogP) is 3.61. The Balaban J connectivity index is 1.71. The zero-order valence-electron chi connectivity index (χ0n) is 15.7. The summed E-state index contributed by atoms with van der Waals surface area (Å²) in [6, 6.07) is 6.07. The normalized spacial score (nSPS) is 17.5. The number of rotatable bonds is 3. The van der Waals surface area contributed by atoms with Crippen molar-refractivity contribution in [2.75, 3.05) is 6.61 Å². The van der Waals surface area contributed by atoms with E-state index in [1.165, 1.54) is 0 Å². The van der Waals surface area contributed by atoms with Gasteiger partial charge in [-0.05, 0) is 67.0 Å². The number of ether oxygens (including phenoxy) is 1. The maximum Gasteiger partial charge on any atom is 0.180 e. The SMILES string of the molecule is Cc1cc(-c2nc(I)c3c(-c4ccnn4C)ccnn23)n(C2CCCCO2)n1. The molecular formula is C19H20IN7O. The summed E-state index contributed by atoms with van der Waals surface area (Å²) in [6.07, 6.45) is 6.76. The molecule has 5 rings (SSSR count). The Morgan fingerprint density at radius 2 is 2.00 bits per heavy atom. The van der Waals surface area contributed by atoms with E-state index < -0.39 is 0 Å². The number of hydrogen-bond acceptors (Lipinski definition) is 5. The zero-order chi connectivity index (χ0) is 19.3. The Morgan fingerprint density at radius 1 is 1.14 bits per heavy atom. The van der Waals surface area contributed by atoms with Gasteiger partial charge in [0.15, 0.2) is 12.1 Å². The summed E-state index contributed by atoms with van der Waals surface area (Å²) in [4.78, 5) is 4.87. The van der Waals surface area contributed by atoms with Crippen LogP contribution in [-0.2, 0) is 11.8 Å². The largest absolute Gasteiger partial charge is 0.356 e. The second-order valence-electron chi connectivity index (χ2n) is 7.01. The summed E-state index contributed by atoms with van der Waals surface area (Å²) in [5.41, 5.74) is 4.92. The highest BCUT2D eigenvalue weighted by Gasteiger charge is 2.25. The van der Waals surface area contributed by atoms with Gasteiger partial charge in [0.25, 0.3) is 0 Å². The van der Waals surface area contributed by atoms with E-state index in [1.54, 1.807) is 12.4 Å². The van der Waals surface area contributed by atoms with Gasteiger partial charge < -0.3 is 4.74 Å². The zero-order valence-corrected chi connectivity index (χ0v) is 17.9. The van der Waals surface area contributed by atoms with Gasteiger partial charge in [0.05, 0.1) is 11.4 Å². The van der Waals surface area contributed by atoms with Gasteiger partial charge in [0.1, 0.15) is 14.9 Å². The number of imidazole rings is 1. The summed E-state index contributed by atoms with van der Waals surface area (Å²) in [6.45, 7) is 2.77. The summed E-state index contributed by atoms with van der Waals surface area (Å²) >= 11 is 2.28. The molecule has 144 valence electrons. The van der Waals surface area contributed by atoms with Crippen molar-refractivity contribution in [1.82, 2.24) is 34.2 Å². The lowest BCUT2D eigenvalue weighted by Gasteiger charge is -2.24. The smallest absolute Gasteiger partial charge is 0.180 e. The van der Waals surface area contributed by atoms with Gasteiger partial charge >= 0.3 is 0 Å². The Hall–Kier alpha value is -2.27. The Labute approximate surface area is 175 Å². The maximum atomic E-state index is 5.99. The molecule has 1 saturated heterocycles. The van der Waals surface area contributed by atoms with E-state index in [1.807, 2.05) is 40.0 Å². The third-order valence-corrected chi connectivity index (χ3v) is 5.85. The highest BCUT2D eigenvalue weighted by atomic mass is 127. The van der Waals surface area contributed by atoms with Crippen molar-refractivity contribution in [3.05, 3.63) is 40.0 Å². The average molecular weight is 489 g/mol. The van der Waals surface area contributed by atoms with Crippen molar-refractivity contribution in [1.29, 1.82) is 0 Å². The van der Waals surface area contributed by atoms with Gasteiger partial charge in [-0.15, -0.1) is 0 Å². The second-order valence-corrected chi connectivity index (χ2v) is 8.03. The molecule has 0 N–H and O–H groups in total. The molecule has 0 aromatic carbocycles. The second kappa shape index (κ2) is 6.96. The standard InChI is InChI=1S/C19H20IN7O/c1-12-11-15(26(24-12)16-5-3-4-10-28-16)19-23-18(20)17-13(6-8-22-27(17)19)14-7-9-21-25(14)2/h6-9,11,16H,3-5,10H2,1-2H3. The molecule has 0 bridgehead atoms. The molecule has 4 aromatic rings. The fourth-order valence-electron chi connectivity index (χ4n) is 3.81. The van der Waals surface area contributed by atoms with Crippen molar-refractivity contribution in [3.8, 4) is 22.8 Å². The fourth-order valence-corrected chi connectivity index (χ4v) is 4.56. The summed E-state index contributed by atoms with van der Waals surface area (Å²) in [5.74, 6) is 0.776. The molecule has 9 heteroatoms. The molecule has 1 fully saturated rings. The molecule has 0 saturated carbocycles. The molecule has 1 atom stereocenters. The van der Waals surface area contributed by atoms with E-state index in [2.05, 4.69) is 38.9 Å². The molecule has 4 aromatic heterocycles. The molecule has 0 amide bonds. The number of hydrogen-bond donors (Lipinski definition) is 0. The molecular weight excluding hydrogens is 469 g/mol. The van der Waals surface area contributed by atoms with Crippen molar-refractivity contribution in [3.63, 3.8) is 0 Å². The number of nitrogens with zero attached hydrogens (tertiary/aromatic N) is 7. The monoisotopic (exact) mass is 489 g/mol. The predicted molar refractivity (Wildman–Crippen MR) is 113 cm³/mol. The van der Waals surface area contributed by atoms with E-state index in [-0.39, 0.29) is 6.23 Å². The molecule has 0 aliphatic carbocycles. The lowest BCUT2D eigenvalue weighted by molar-refractivity contribution is -0.0386. The van der Waals surface area contributed by atoms with Crippen LogP contribution in [0.25, 0.3) is 28.3 Å². The van der Waals surface area contributed by atoms with Gasteiger partial charge in [-0.1, -0.05) is 0 Å². The third-order valence-electron chi connectivity index (χ3n) is 5.10. The van der Waals surface area contributed by atoms with Crippen LogP contribution in [0.1, 0.15) is 31.2 Å². The van der Waals surface area contributed by atoms with Crippen molar-refractivity contribution in [2.45, 2.75) is 32.4 Å². The van der Waals surface area contributed by atoms with Gasteiger partial charge in [-0.25, -0.2) is 14.2 Å². The first-order chi connectivity index (χ1) is 13.6. The van der Waals surface area contributed by atoms with Crippen LogP contribution in [0.4, 0.5) is 0 Å². The van der Waals surface area contributed by atoms with Crippen molar-refractivity contribution < 1.29 is 4.74 Å². The molecule has 1 aliphatic rings. The highest BCUT2D eigenvalue weighted by Crippen LogP contribution is 2.33. The first kappa shape index (κ1) is 17.8. The topological polar surface area (TPSA) is 75.1 Å². The summed E-state index contributed by atoms with van der Waals surface area (Å²) in [7, 11) is 1.94. The fraction of sp³-hybridized carbons (Fsp3) is 0.368.